The molecule has 0 radical (unpaired) electrons. The van der Waals surface area contributed by atoms with Crippen molar-refractivity contribution in [2.45, 2.75) is 26.8 Å². The molecule has 43 heavy (non-hydrogen) atoms. The molecule has 1 amide bonds. The van der Waals surface area contributed by atoms with Crippen molar-refractivity contribution in [2.75, 3.05) is 20.2 Å². The molecule has 0 aliphatic carbocycles. The molecule has 0 unspecified atom stereocenters. The molecule has 0 saturated carbocycles. The van der Waals surface area contributed by atoms with Crippen LogP contribution >= 0.6 is 22.9 Å². The number of amides is 1. The van der Waals surface area contributed by atoms with E-state index in [0.29, 0.717) is 44.5 Å². The standard InChI is InChI=1S/C34H31ClN4O3S/c1-5-37(6-2)33(41)29-21(3)36-34-39(31(29)30-26-12-8-7-10-22(26)13-18-27(30)42-4)32(40)28(43-34)20-25-11-9-19-38(25)24-16-14-23(35)15-17-24/h7-20,31H,5-6H2,1-4H3/b28-20+/t31-/m1/s1. The smallest absolute Gasteiger partial charge is 0.271 e. The maximum atomic E-state index is 14.4. The van der Waals surface area contributed by atoms with Crippen molar-refractivity contribution in [3.05, 3.63) is 126 Å². The van der Waals surface area contributed by atoms with Gasteiger partial charge < -0.3 is 14.2 Å². The molecule has 3 aromatic carbocycles. The van der Waals surface area contributed by atoms with Crippen LogP contribution in [0.15, 0.2) is 100 Å². The van der Waals surface area contributed by atoms with Gasteiger partial charge in [0.05, 0.1) is 22.9 Å². The van der Waals surface area contributed by atoms with E-state index >= 15 is 0 Å². The van der Waals surface area contributed by atoms with E-state index in [1.54, 1.807) is 16.6 Å². The average molecular weight is 611 g/mol. The average Bonchev–Trinajstić information content (AvgIpc) is 3.60. The Morgan fingerprint density at radius 3 is 2.51 bits per heavy atom. The van der Waals surface area contributed by atoms with E-state index in [1.165, 1.54) is 11.3 Å². The van der Waals surface area contributed by atoms with Crippen molar-refractivity contribution in [3.8, 4) is 11.4 Å². The highest BCUT2D eigenvalue weighted by Gasteiger charge is 2.36. The molecule has 0 saturated heterocycles. The lowest BCUT2D eigenvalue weighted by molar-refractivity contribution is -0.127. The topological polar surface area (TPSA) is 68.8 Å². The Morgan fingerprint density at radius 2 is 1.79 bits per heavy atom. The van der Waals surface area contributed by atoms with Gasteiger partial charge >= 0.3 is 0 Å². The van der Waals surface area contributed by atoms with Crippen LogP contribution in [0.1, 0.15) is 38.1 Å². The minimum atomic E-state index is -0.726. The van der Waals surface area contributed by atoms with Crippen molar-refractivity contribution in [3.63, 3.8) is 0 Å². The van der Waals surface area contributed by atoms with Crippen LogP contribution in [0.4, 0.5) is 0 Å². The zero-order chi connectivity index (χ0) is 30.2. The molecule has 0 fully saturated rings. The summed E-state index contributed by atoms with van der Waals surface area (Å²) < 4.78 is 10.1. The number of likely N-dealkylation sites (N-methyl/N-ethyl adjacent to an activating group) is 1. The number of benzene rings is 3. The Labute approximate surface area is 258 Å². The van der Waals surface area contributed by atoms with Crippen molar-refractivity contribution in [1.29, 1.82) is 0 Å². The van der Waals surface area contributed by atoms with Gasteiger partial charge in [-0.3, -0.25) is 14.2 Å². The molecule has 0 bridgehead atoms. The first kappa shape index (κ1) is 28.7. The number of rotatable bonds is 7. The minimum Gasteiger partial charge on any atom is -0.496 e. The number of hydrogen-bond donors (Lipinski definition) is 0. The summed E-state index contributed by atoms with van der Waals surface area (Å²) in [7, 11) is 1.62. The molecule has 0 spiro atoms. The second kappa shape index (κ2) is 11.7. The Morgan fingerprint density at radius 1 is 1.05 bits per heavy atom. The number of methoxy groups -OCH3 is 1. The third-order valence-electron chi connectivity index (χ3n) is 7.89. The summed E-state index contributed by atoms with van der Waals surface area (Å²) in [6.07, 6.45) is 3.82. The number of aromatic nitrogens is 2. The van der Waals surface area contributed by atoms with E-state index in [0.717, 1.165) is 27.7 Å². The summed E-state index contributed by atoms with van der Waals surface area (Å²) >= 11 is 7.43. The number of hydrogen-bond acceptors (Lipinski definition) is 5. The van der Waals surface area contributed by atoms with Crippen LogP contribution < -0.4 is 19.6 Å². The molecular formula is C34H31ClN4O3S. The fourth-order valence-electron chi connectivity index (χ4n) is 5.77. The maximum Gasteiger partial charge on any atom is 0.271 e. The number of nitrogens with zero attached hydrogens (tertiary/aromatic N) is 4. The second-order valence-corrected chi connectivity index (χ2v) is 11.7. The van der Waals surface area contributed by atoms with E-state index in [4.69, 9.17) is 21.3 Å². The Kier molecular flexibility index (Phi) is 7.81. The van der Waals surface area contributed by atoms with Crippen LogP contribution in [-0.2, 0) is 4.79 Å². The van der Waals surface area contributed by atoms with Crippen LogP contribution in [0.3, 0.4) is 0 Å². The molecule has 6 rings (SSSR count). The molecule has 7 nitrogen and oxygen atoms in total. The first-order chi connectivity index (χ1) is 20.9. The van der Waals surface area contributed by atoms with Gasteiger partial charge in [0.2, 0.25) is 0 Å². The Balaban J connectivity index is 1.62. The molecule has 0 N–H and O–H groups in total. The van der Waals surface area contributed by atoms with Gasteiger partial charge in [-0.25, -0.2) is 4.99 Å². The van der Waals surface area contributed by atoms with Gasteiger partial charge in [0.15, 0.2) is 4.80 Å². The van der Waals surface area contributed by atoms with Gasteiger partial charge in [-0.15, -0.1) is 0 Å². The fraction of sp³-hybridized carbons (Fsp3) is 0.206. The second-order valence-electron chi connectivity index (χ2n) is 10.2. The first-order valence-electron chi connectivity index (χ1n) is 14.2. The third-order valence-corrected chi connectivity index (χ3v) is 9.13. The molecule has 218 valence electrons. The minimum absolute atomic E-state index is 0.142. The summed E-state index contributed by atoms with van der Waals surface area (Å²) in [5, 5.41) is 2.56. The SMILES string of the molecule is CCN(CC)C(=O)C1=C(C)N=c2s/c(=C/c3cccn3-c3ccc(Cl)cc3)c(=O)n2[C@H]1c1c(OC)ccc2ccccc12. The molecule has 9 heteroatoms. The number of ether oxygens (including phenoxy) is 1. The van der Waals surface area contributed by atoms with Crippen LogP contribution in [-0.4, -0.2) is 40.1 Å². The summed E-state index contributed by atoms with van der Waals surface area (Å²) in [4.78, 5) is 35.7. The van der Waals surface area contributed by atoms with Gasteiger partial charge in [-0.05, 0) is 80.1 Å². The number of carbonyl (C=O) groups excluding carboxylic acids is 1. The number of thiazole rings is 1. The highest BCUT2D eigenvalue weighted by molar-refractivity contribution is 7.07. The van der Waals surface area contributed by atoms with Crippen molar-refractivity contribution < 1.29 is 9.53 Å². The number of fused-ring (bicyclic) bond motifs is 2. The monoisotopic (exact) mass is 610 g/mol. The molecule has 5 aromatic rings. The van der Waals surface area contributed by atoms with Gasteiger partial charge in [-0.2, -0.15) is 0 Å². The predicted molar refractivity (Wildman–Crippen MR) is 173 cm³/mol. The van der Waals surface area contributed by atoms with Crippen LogP contribution in [0.5, 0.6) is 5.75 Å². The van der Waals surface area contributed by atoms with Crippen molar-refractivity contribution in [1.82, 2.24) is 14.0 Å². The van der Waals surface area contributed by atoms with E-state index in [1.807, 2.05) is 110 Å². The molecule has 1 aliphatic heterocycles. The van der Waals surface area contributed by atoms with Crippen molar-refractivity contribution >= 4 is 45.7 Å². The molecule has 1 aliphatic rings. The largest absolute Gasteiger partial charge is 0.496 e. The first-order valence-corrected chi connectivity index (χ1v) is 15.4. The summed E-state index contributed by atoms with van der Waals surface area (Å²) in [5.74, 6) is 0.464. The van der Waals surface area contributed by atoms with Gasteiger partial charge in [-0.1, -0.05) is 53.3 Å². The third kappa shape index (κ3) is 5.00. The zero-order valence-corrected chi connectivity index (χ0v) is 25.9. The van der Waals surface area contributed by atoms with Crippen LogP contribution in [0, 0.1) is 0 Å². The predicted octanol–water partition coefficient (Wildman–Crippen LogP) is 5.71. The molecular weight excluding hydrogens is 580 g/mol. The lowest BCUT2D eigenvalue weighted by Crippen LogP contribution is -2.43. The Hall–Kier alpha value is -4.40. The van der Waals surface area contributed by atoms with E-state index < -0.39 is 6.04 Å². The molecule has 1 atom stereocenters. The van der Waals surface area contributed by atoms with Gasteiger partial charge in [0.25, 0.3) is 11.5 Å². The fourth-order valence-corrected chi connectivity index (χ4v) is 6.93. The van der Waals surface area contributed by atoms with Crippen LogP contribution in [0.25, 0.3) is 22.5 Å². The number of carbonyl (C=O) groups is 1. The zero-order valence-electron chi connectivity index (χ0n) is 24.4. The molecule has 2 aromatic heterocycles. The van der Waals surface area contributed by atoms with E-state index in [9.17, 15) is 9.59 Å². The normalized spacial score (nSPS) is 15.0. The molecule has 3 heterocycles. The Bertz CT molecular complexity index is 2070. The van der Waals surface area contributed by atoms with E-state index in [-0.39, 0.29) is 11.5 Å². The van der Waals surface area contributed by atoms with E-state index in [2.05, 4.69) is 0 Å². The number of halogens is 1. The maximum absolute atomic E-state index is 14.4. The summed E-state index contributed by atoms with van der Waals surface area (Å²) in [5.41, 5.74) is 3.38. The number of allylic oxidation sites excluding steroid dienone is 1. The van der Waals surface area contributed by atoms with Gasteiger partial charge in [0.1, 0.15) is 11.8 Å². The summed E-state index contributed by atoms with van der Waals surface area (Å²) in [6.45, 7) is 6.84. The lowest BCUT2D eigenvalue weighted by Gasteiger charge is -2.30. The lowest BCUT2D eigenvalue weighted by atomic mass is 9.90. The van der Waals surface area contributed by atoms with Crippen LogP contribution in [0.2, 0.25) is 5.02 Å². The highest BCUT2D eigenvalue weighted by atomic mass is 35.5. The summed E-state index contributed by atoms with van der Waals surface area (Å²) in [6, 6.07) is 22.6. The van der Waals surface area contributed by atoms with Gasteiger partial charge in [0, 0.05) is 41.3 Å². The highest BCUT2D eigenvalue weighted by Crippen LogP contribution is 2.40. The van der Waals surface area contributed by atoms with Crippen molar-refractivity contribution in [2.24, 2.45) is 4.99 Å². The quantitative estimate of drug-likeness (QED) is 0.237.